The summed E-state index contributed by atoms with van der Waals surface area (Å²) in [6.07, 6.45) is 0. The van der Waals surface area contributed by atoms with E-state index in [2.05, 4.69) is 139 Å². The van der Waals surface area contributed by atoms with E-state index in [1.807, 2.05) is 0 Å². The minimum Gasteiger partial charge on any atom is -0.156 e. The topological polar surface area (TPSA) is 3.01 Å². The Morgan fingerprint density at radius 2 is 0.939 bits per heavy atom. The van der Waals surface area contributed by atoms with Crippen LogP contribution >= 0.6 is 0 Å². The van der Waals surface area contributed by atoms with Crippen molar-refractivity contribution in [2.45, 2.75) is 6.92 Å². The maximum Gasteiger partial charge on any atom is 0.219 e. The molecule has 0 N–H and O–H groups in total. The van der Waals surface area contributed by atoms with Gasteiger partial charge in [-0.25, -0.2) is 0 Å². The van der Waals surface area contributed by atoms with Crippen LogP contribution < -0.4 is 4.58 Å². The lowest BCUT2D eigenvalue weighted by atomic mass is 10.0. The summed E-state index contributed by atoms with van der Waals surface area (Å²) in [5.41, 5.74) is 4.80. The lowest BCUT2D eigenvalue weighted by molar-refractivity contribution is 1.10. The van der Waals surface area contributed by atoms with Crippen molar-refractivity contribution in [3.05, 3.63) is 133 Å². The maximum absolute atomic E-state index is 2.43. The molecule has 6 rings (SSSR count). The molecule has 1 nitrogen and oxygen atoms in total. The van der Waals surface area contributed by atoms with Gasteiger partial charge in [0.2, 0.25) is 11.4 Å². The van der Waals surface area contributed by atoms with E-state index in [0.717, 1.165) is 0 Å². The third-order valence-electron chi connectivity index (χ3n) is 6.52. The predicted octanol–water partition coefficient (Wildman–Crippen LogP) is 8.49. The normalized spacial score (nSPS) is 11.2. The number of benzene rings is 6. The number of rotatable bonds is 3. The molecule has 0 radical (unpaired) electrons. The van der Waals surface area contributed by atoms with E-state index in [4.69, 9.17) is 0 Å². The second-order valence-corrected chi connectivity index (χ2v) is 8.48. The molecule has 1 heteroatoms. The highest BCUT2D eigenvalue weighted by Crippen LogP contribution is 2.34. The van der Waals surface area contributed by atoms with Gasteiger partial charge in [-0.1, -0.05) is 91.0 Å². The Morgan fingerprint density at radius 1 is 0.455 bits per heavy atom. The van der Waals surface area contributed by atoms with Gasteiger partial charge in [-0.15, -0.1) is 0 Å². The molecule has 0 unspecified atom stereocenters. The molecule has 0 atom stereocenters. The van der Waals surface area contributed by atoms with Crippen LogP contribution in [0.4, 0.5) is 11.4 Å². The van der Waals surface area contributed by atoms with Crippen LogP contribution in [0.2, 0.25) is 0 Å². The summed E-state index contributed by atoms with van der Waals surface area (Å²) in [5.74, 6) is 0. The smallest absolute Gasteiger partial charge is 0.156 e. The van der Waals surface area contributed by atoms with E-state index in [0.29, 0.717) is 0 Å². The highest BCUT2D eigenvalue weighted by molar-refractivity contribution is 6.09. The molecular formula is C32H24N+. The molecule has 0 amide bonds. The van der Waals surface area contributed by atoms with Gasteiger partial charge in [0, 0.05) is 24.6 Å². The van der Waals surface area contributed by atoms with Crippen LogP contribution in [0.5, 0.6) is 0 Å². The van der Waals surface area contributed by atoms with Gasteiger partial charge >= 0.3 is 0 Å². The summed E-state index contributed by atoms with van der Waals surface area (Å²) >= 11 is 0. The molecule has 0 heterocycles. The highest BCUT2D eigenvalue weighted by atomic mass is 15.0. The first kappa shape index (κ1) is 19.5. The highest BCUT2D eigenvalue weighted by Gasteiger charge is 2.23. The first-order chi connectivity index (χ1) is 16.3. The standard InChI is InChI=1S/C32H24N/c1-23(27-21-20-24-10-2-3-13-28(24)22-27)33(31-18-8-14-25-11-4-6-16-29(25)31)32-19-9-15-26-12-5-7-17-30(26)32/h2-22H,1H3/q+1. The fraction of sp³-hybridized carbons (Fsp3) is 0.0312. The van der Waals surface area contributed by atoms with Gasteiger partial charge in [-0.05, 0) is 45.8 Å². The van der Waals surface area contributed by atoms with Crippen LogP contribution in [0.3, 0.4) is 0 Å². The molecule has 0 aromatic heterocycles. The van der Waals surface area contributed by atoms with Gasteiger partial charge in [-0.3, -0.25) is 0 Å². The quantitative estimate of drug-likeness (QED) is 0.199. The molecule has 0 saturated carbocycles. The summed E-state index contributed by atoms with van der Waals surface area (Å²) < 4.78 is 2.43. The molecule has 0 aliphatic heterocycles. The molecule has 156 valence electrons. The Morgan fingerprint density at radius 3 is 1.55 bits per heavy atom. The number of fused-ring (bicyclic) bond motifs is 3. The van der Waals surface area contributed by atoms with Crippen molar-refractivity contribution in [1.82, 2.24) is 4.58 Å². The summed E-state index contributed by atoms with van der Waals surface area (Å²) in [7, 11) is 0. The monoisotopic (exact) mass is 422 g/mol. The molecule has 6 aromatic rings. The Labute approximate surface area is 193 Å². The van der Waals surface area contributed by atoms with E-state index >= 15 is 0 Å². The van der Waals surface area contributed by atoms with E-state index in [9.17, 15) is 0 Å². The number of hydrogen-bond acceptors (Lipinski definition) is 0. The van der Waals surface area contributed by atoms with Crippen LogP contribution in [0.25, 0.3) is 32.3 Å². The predicted molar refractivity (Wildman–Crippen MR) is 143 cm³/mol. The van der Waals surface area contributed by atoms with Crippen molar-refractivity contribution in [2.24, 2.45) is 0 Å². The fourth-order valence-corrected chi connectivity index (χ4v) is 4.84. The Kier molecular flexibility index (Phi) is 4.74. The van der Waals surface area contributed by atoms with Crippen LogP contribution in [-0.2, 0) is 0 Å². The summed E-state index contributed by atoms with van der Waals surface area (Å²) in [6.45, 7) is 2.23. The second-order valence-electron chi connectivity index (χ2n) is 8.48. The van der Waals surface area contributed by atoms with Gasteiger partial charge < -0.3 is 0 Å². The maximum atomic E-state index is 2.43. The molecular weight excluding hydrogens is 398 g/mol. The van der Waals surface area contributed by atoms with Gasteiger partial charge in [0.25, 0.3) is 0 Å². The molecule has 0 saturated heterocycles. The molecule has 33 heavy (non-hydrogen) atoms. The summed E-state index contributed by atoms with van der Waals surface area (Å²) in [4.78, 5) is 0. The molecule has 0 fully saturated rings. The first-order valence-corrected chi connectivity index (χ1v) is 11.4. The minimum atomic E-state index is 1.19. The zero-order valence-corrected chi connectivity index (χ0v) is 18.6. The third kappa shape index (κ3) is 3.39. The van der Waals surface area contributed by atoms with Gasteiger partial charge in [-0.2, -0.15) is 4.58 Å². The van der Waals surface area contributed by atoms with Crippen molar-refractivity contribution in [3.63, 3.8) is 0 Å². The zero-order valence-electron chi connectivity index (χ0n) is 18.6. The lowest BCUT2D eigenvalue weighted by Crippen LogP contribution is -2.16. The van der Waals surface area contributed by atoms with E-state index in [-0.39, 0.29) is 0 Å². The second kappa shape index (κ2) is 8.03. The van der Waals surface area contributed by atoms with E-state index in [1.165, 1.54) is 55.0 Å². The van der Waals surface area contributed by atoms with Crippen molar-refractivity contribution < 1.29 is 0 Å². The van der Waals surface area contributed by atoms with Crippen molar-refractivity contribution >= 4 is 49.4 Å². The SMILES string of the molecule is CC(c1ccc2ccccc2c1)=[N+](c1cccc2ccccc12)c1cccc2ccccc12. The molecule has 0 aliphatic carbocycles. The largest absolute Gasteiger partial charge is 0.219 e. The minimum absolute atomic E-state index is 1.19. The number of hydrogen-bond donors (Lipinski definition) is 0. The summed E-state index contributed by atoms with van der Waals surface area (Å²) in [6, 6.07) is 45.7. The van der Waals surface area contributed by atoms with Gasteiger partial charge in [0.15, 0.2) is 5.71 Å². The summed E-state index contributed by atoms with van der Waals surface area (Å²) in [5, 5.41) is 7.49. The van der Waals surface area contributed by atoms with Crippen molar-refractivity contribution in [3.8, 4) is 0 Å². The van der Waals surface area contributed by atoms with Crippen LogP contribution in [0, 0.1) is 0 Å². The average Bonchev–Trinajstić information content (AvgIpc) is 2.89. The first-order valence-electron chi connectivity index (χ1n) is 11.4. The van der Waals surface area contributed by atoms with Crippen molar-refractivity contribution in [1.29, 1.82) is 0 Å². The van der Waals surface area contributed by atoms with E-state index in [1.54, 1.807) is 0 Å². The average molecular weight is 423 g/mol. The van der Waals surface area contributed by atoms with Gasteiger partial charge in [0.05, 0.1) is 10.8 Å². The van der Waals surface area contributed by atoms with Crippen LogP contribution in [-0.4, -0.2) is 5.71 Å². The fourth-order valence-electron chi connectivity index (χ4n) is 4.84. The Balaban J connectivity index is 1.72. The molecule has 0 spiro atoms. The van der Waals surface area contributed by atoms with Crippen molar-refractivity contribution in [2.75, 3.05) is 0 Å². The van der Waals surface area contributed by atoms with E-state index < -0.39 is 0 Å². The molecule has 6 aromatic carbocycles. The molecule has 0 bridgehead atoms. The Hall–Kier alpha value is -4.23. The zero-order chi connectivity index (χ0) is 22.2. The van der Waals surface area contributed by atoms with Crippen LogP contribution in [0.15, 0.2) is 127 Å². The molecule has 0 aliphatic rings. The lowest BCUT2D eigenvalue weighted by Gasteiger charge is -2.12. The number of nitrogens with zero attached hydrogens (tertiary/aromatic N) is 1. The van der Waals surface area contributed by atoms with Gasteiger partial charge in [0.1, 0.15) is 0 Å². The Bertz CT molecular complexity index is 1580. The third-order valence-corrected chi connectivity index (χ3v) is 6.52. The van der Waals surface area contributed by atoms with Crippen LogP contribution in [0.1, 0.15) is 12.5 Å².